The summed E-state index contributed by atoms with van der Waals surface area (Å²) >= 11 is 6.24. The molecule has 31 heavy (non-hydrogen) atoms. The van der Waals surface area contributed by atoms with Gasteiger partial charge in [-0.3, -0.25) is 14.4 Å². The van der Waals surface area contributed by atoms with Gasteiger partial charge in [0.25, 0.3) is 5.91 Å². The summed E-state index contributed by atoms with van der Waals surface area (Å²) in [5, 5.41) is 5.20. The highest BCUT2D eigenvalue weighted by molar-refractivity contribution is 6.31. The van der Waals surface area contributed by atoms with Gasteiger partial charge in [-0.15, -0.1) is 0 Å². The largest absolute Gasteiger partial charge is 0.336 e. The molecule has 2 heterocycles. The molecule has 1 fully saturated rings. The molecule has 0 unspecified atom stereocenters. The Bertz CT molecular complexity index is 1070. The molecule has 0 atom stereocenters. The molecule has 1 saturated heterocycles. The number of hydrogen-bond donors (Lipinski definition) is 0. The van der Waals surface area contributed by atoms with E-state index in [-0.39, 0.29) is 5.91 Å². The van der Waals surface area contributed by atoms with Gasteiger partial charge in [-0.05, 0) is 49.6 Å². The predicted octanol–water partition coefficient (Wildman–Crippen LogP) is 4.47. The number of piperazine rings is 1. The average molecular weight is 437 g/mol. The van der Waals surface area contributed by atoms with Crippen molar-refractivity contribution in [3.63, 3.8) is 0 Å². The van der Waals surface area contributed by atoms with Crippen molar-refractivity contribution in [2.24, 2.45) is 0 Å². The highest BCUT2D eigenvalue weighted by Gasteiger charge is 2.22. The summed E-state index contributed by atoms with van der Waals surface area (Å²) in [4.78, 5) is 17.4. The molecule has 0 aliphatic carbocycles. The third-order valence-corrected chi connectivity index (χ3v) is 6.69. The van der Waals surface area contributed by atoms with Gasteiger partial charge in [-0.25, -0.2) is 0 Å². The average Bonchev–Trinajstić information content (AvgIpc) is 3.02. The smallest absolute Gasteiger partial charge is 0.253 e. The first kappa shape index (κ1) is 21.6. The van der Waals surface area contributed by atoms with Gasteiger partial charge in [0.05, 0.1) is 23.0 Å². The zero-order chi connectivity index (χ0) is 22.0. The monoisotopic (exact) mass is 436 g/mol. The fourth-order valence-electron chi connectivity index (χ4n) is 4.07. The molecule has 0 bridgehead atoms. The first-order chi connectivity index (χ1) is 14.9. The topological polar surface area (TPSA) is 41.4 Å². The second kappa shape index (κ2) is 9.25. The maximum Gasteiger partial charge on any atom is 0.253 e. The second-order valence-corrected chi connectivity index (χ2v) is 8.71. The third-order valence-electron chi connectivity index (χ3n) is 6.14. The maximum atomic E-state index is 13.0. The summed E-state index contributed by atoms with van der Waals surface area (Å²) in [5.74, 6) is 0.108. The van der Waals surface area contributed by atoms with Gasteiger partial charge in [0, 0.05) is 38.3 Å². The molecule has 1 aliphatic heterocycles. The number of carbonyl (C=O) groups excluding carboxylic acids is 1. The Morgan fingerprint density at radius 2 is 1.61 bits per heavy atom. The molecule has 0 radical (unpaired) electrons. The number of carbonyl (C=O) groups is 1. The van der Waals surface area contributed by atoms with Crippen LogP contribution in [0.3, 0.4) is 0 Å². The zero-order valence-corrected chi connectivity index (χ0v) is 19.2. The third kappa shape index (κ3) is 4.83. The molecule has 1 aliphatic rings. The molecule has 0 spiro atoms. The molecule has 2 aromatic carbocycles. The minimum atomic E-state index is 0.108. The van der Waals surface area contributed by atoms with Gasteiger partial charge < -0.3 is 4.90 Å². The second-order valence-electron chi connectivity index (χ2n) is 8.33. The maximum absolute atomic E-state index is 13.0. The van der Waals surface area contributed by atoms with E-state index in [0.29, 0.717) is 11.6 Å². The molecule has 162 valence electrons. The van der Waals surface area contributed by atoms with E-state index in [1.807, 2.05) is 47.7 Å². The van der Waals surface area contributed by atoms with E-state index in [1.54, 1.807) is 0 Å². The minimum absolute atomic E-state index is 0.108. The molecule has 6 heteroatoms. The number of benzene rings is 2. The Balaban J connectivity index is 1.33. The summed E-state index contributed by atoms with van der Waals surface area (Å²) in [6.45, 7) is 10.9. The molecule has 4 rings (SSSR count). The number of aryl methyl sites for hydroxylation is 2. The van der Waals surface area contributed by atoms with Crippen molar-refractivity contribution in [3.05, 3.63) is 87.2 Å². The summed E-state index contributed by atoms with van der Waals surface area (Å²) in [6, 6.07) is 16.4. The van der Waals surface area contributed by atoms with Gasteiger partial charge in [0.15, 0.2) is 0 Å². The Kier molecular flexibility index (Phi) is 6.44. The number of aromatic nitrogens is 2. The van der Waals surface area contributed by atoms with E-state index >= 15 is 0 Å². The molecule has 5 nitrogen and oxygen atoms in total. The number of amides is 1. The molecule has 0 saturated carbocycles. The van der Waals surface area contributed by atoms with Crippen LogP contribution in [0.4, 0.5) is 0 Å². The van der Waals surface area contributed by atoms with Crippen molar-refractivity contribution >= 4 is 17.5 Å². The van der Waals surface area contributed by atoms with Crippen LogP contribution in [0.15, 0.2) is 48.5 Å². The van der Waals surface area contributed by atoms with E-state index in [4.69, 9.17) is 11.6 Å². The van der Waals surface area contributed by atoms with Gasteiger partial charge >= 0.3 is 0 Å². The summed E-state index contributed by atoms with van der Waals surface area (Å²) in [6.07, 6.45) is 0. The van der Waals surface area contributed by atoms with Crippen LogP contribution in [0.25, 0.3) is 0 Å². The van der Waals surface area contributed by atoms with Gasteiger partial charge in [-0.2, -0.15) is 5.10 Å². The van der Waals surface area contributed by atoms with Gasteiger partial charge in [0.2, 0.25) is 0 Å². The number of hydrogen-bond acceptors (Lipinski definition) is 3. The SMILES string of the molecule is Cc1ccccc1CN1CCN(C(=O)c2ccc(Cn3nc(C)c(Cl)c3C)cc2)CC1. The Morgan fingerprint density at radius 1 is 0.935 bits per heavy atom. The molecule has 1 amide bonds. The van der Waals surface area contributed by atoms with Crippen LogP contribution < -0.4 is 0 Å². The fraction of sp³-hybridized carbons (Fsp3) is 0.360. The van der Waals surface area contributed by atoms with Crippen LogP contribution in [0, 0.1) is 20.8 Å². The zero-order valence-electron chi connectivity index (χ0n) is 18.4. The number of rotatable bonds is 5. The van der Waals surface area contributed by atoms with E-state index < -0.39 is 0 Å². The van der Waals surface area contributed by atoms with Crippen molar-refractivity contribution in [1.29, 1.82) is 0 Å². The highest BCUT2D eigenvalue weighted by atomic mass is 35.5. The van der Waals surface area contributed by atoms with Crippen LogP contribution in [0.5, 0.6) is 0 Å². The van der Waals surface area contributed by atoms with Crippen molar-refractivity contribution in [1.82, 2.24) is 19.6 Å². The lowest BCUT2D eigenvalue weighted by molar-refractivity contribution is 0.0628. The lowest BCUT2D eigenvalue weighted by atomic mass is 10.1. The first-order valence-corrected chi connectivity index (χ1v) is 11.1. The normalized spacial score (nSPS) is 14.8. The van der Waals surface area contributed by atoms with Crippen LogP contribution >= 0.6 is 11.6 Å². The Labute approximate surface area is 189 Å². The van der Waals surface area contributed by atoms with Crippen LogP contribution in [-0.4, -0.2) is 51.7 Å². The van der Waals surface area contributed by atoms with Crippen molar-refractivity contribution < 1.29 is 4.79 Å². The van der Waals surface area contributed by atoms with Gasteiger partial charge in [0.1, 0.15) is 0 Å². The van der Waals surface area contributed by atoms with E-state index in [1.165, 1.54) is 11.1 Å². The van der Waals surface area contributed by atoms with E-state index in [2.05, 4.69) is 41.2 Å². The van der Waals surface area contributed by atoms with Crippen LogP contribution in [-0.2, 0) is 13.1 Å². The summed E-state index contributed by atoms with van der Waals surface area (Å²) in [7, 11) is 0. The predicted molar refractivity (Wildman–Crippen MR) is 125 cm³/mol. The number of nitrogens with zero attached hydrogens (tertiary/aromatic N) is 4. The molecule has 3 aromatic rings. The first-order valence-electron chi connectivity index (χ1n) is 10.8. The standard InChI is InChI=1S/C25H29ClN4O/c1-18-6-4-5-7-23(18)17-28-12-14-29(15-13-28)25(31)22-10-8-21(9-11-22)16-30-20(3)24(26)19(2)27-30/h4-11H,12-17H2,1-3H3. The molecular formula is C25H29ClN4O. The quantitative estimate of drug-likeness (QED) is 0.592. The summed E-state index contributed by atoms with van der Waals surface area (Å²) in [5.41, 5.74) is 6.32. The highest BCUT2D eigenvalue weighted by Crippen LogP contribution is 2.20. The van der Waals surface area contributed by atoms with Crippen LogP contribution in [0.2, 0.25) is 5.02 Å². The van der Waals surface area contributed by atoms with Gasteiger partial charge in [-0.1, -0.05) is 48.0 Å². The molecular weight excluding hydrogens is 408 g/mol. The Hall–Kier alpha value is -2.63. The Morgan fingerprint density at radius 3 is 2.23 bits per heavy atom. The fourth-order valence-corrected chi connectivity index (χ4v) is 4.21. The summed E-state index contributed by atoms with van der Waals surface area (Å²) < 4.78 is 1.90. The van der Waals surface area contributed by atoms with Crippen molar-refractivity contribution in [3.8, 4) is 0 Å². The van der Waals surface area contributed by atoms with Crippen LogP contribution in [0.1, 0.15) is 38.4 Å². The van der Waals surface area contributed by atoms with Crippen molar-refractivity contribution in [2.45, 2.75) is 33.9 Å². The molecule has 1 aromatic heterocycles. The number of halogens is 1. The minimum Gasteiger partial charge on any atom is -0.336 e. The van der Waals surface area contributed by atoms with E-state index in [9.17, 15) is 4.79 Å². The van der Waals surface area contributed by atoms with E-state index in [0.717, 1.165) is 55.2 Å². The van der Waals surface area contributed by atoms with Crippen molar-refractivity contribution in [2.75, 3.05) is 26.2 Å². The lowest BCUT2D eigenvalue weighted by Gasteiger charge is -2.35. The lowest BCUT2D eigenvalue weighted by Crippen LogP contribution is -2.48. The molecule has 0 N–H and O–H groups in total.